The Morgan fingerprint density at radius 1 is 1.38 bits per heavy atom. The van der Waals surface area contributed by atoms with E-state index in [-0.39, 0.29) is 42.3 Å². The lowest BCUT2D eigenvalue weighted by atomic mass is 9.82. The molecule has 2 saturated heterocycles. The molecular weight excluding hydrogens is 428 g/mol. The van der Waals surface area contributed by atoms with E-state index in [9.17, 15) is 19.5 Å². The molecule has 1 aromatic carbocycles. The number of amides is 2. The van der Waals surface area contributed by atoms with Gasteiger partial charge in [-0.2, -0.15) is 0 Å². The van der Waals surface area contributed by atoms with Crippen molar-refractivity contribution in [3.8, 4) is 5.75 Å². The molecule has 3 heterocycles. The van der Waals surface area contributed by atoms with E-state index in [0.717, 1.165) is 24.1 Å². The predicted octanol–water partition coefficient (Wildman–Crippen LogP) is 1.84. The minimum absolute atomic E-state index is 0.0578. The summed E-state index contributed by atoms with van der Waals surface area (Å²) in [4.78, 5) is 41.4. The van der Waals surface area contributed by atoms with Crippen LogP contribution < -0.4 is 9.64 Å². The number of aliphatic hydroxyl groups is 1. The second-order valence-electron chi connectivity index (χ2n) is 9.88. The number of likely N-dealkylation sites (tertiary alicyclic amines) is 1. The Hall–Kier alpha value is -1.94. The van der Waals surface area contributed by atoms with Gasteiger partial charge in [-0.3, -0.25) is 9.59 Å². The van der Waals surface area contributed by atoms with E-state index in [4.69, 9.17) is 9.47 Å². The summed E-state index contributed by atoms with van der Waals surface area (Å²) in [5, 5.41) is 9.64. The maximum atomic E-state index is 13.6. The van der Waals surface area contributed by atoms with Gasteiger partial charge in [-0.15, -0.1) is 0 Å². The average molecular weight is 463 g/mol. The van der Waals surface area contributed by atoms with Gasteiger partial charge in [-0.05, 0) is 44.1 Å². The standard InChI is InChI=1S/C23H34N2O6Si/c1-14-21(32(4,5)29)19(12-20(27)25-10-6-7-15(25)13-26)31-23(14)17-11-16(30-3)8-9-18(17)24(2)22(23)28/h8-9,11,14-15,19,21,26,29H,6-7,10,12-13H2,1-5H3/t14-,15+,19+,21-,23+/m1/s1. The summed E-state index contributed by atoms with van der Waals surface area (Å²) in [6, 6.07) is 5.33. The number of hydrogen-bond donors (Lipinski definition) is 2. The number of methoxy groups -OCH3 is 1. The fourth-order valence-electron chi connectivity index (χ4n) is 6.13. The molecule has 0 saturated carbocycles. The molecule has 5 atom stereocenters. The number of carbonyl (C=O) groups excluding carboxylic acids is 2. The molecule has 2 amide bonds. The van der Waals surface area contributed by atoms with Gasteiger partial charge in [0.15, 0.2) is 13.9 Å². The minimum Gasteiger partial charge on any atom is -0.497 e. The van der Waals surface area contributed by atoms with Gasteiger partial charge in [0.2, 0.25) is 5.91 Å². The lowest BCUT2D eigenvalue weighted by Gasteiger charge is -2.32. The molecule has 9 heteroatoms. The summed E-state index contributed by atoms with van der Waals surface area (Å²) < 4.78 is 12.0. The smallest absolute Gasteiger partial charge is 0.264 e. The molecule has 0 radical (unpaired) electrons. The van der Waals surface area contributed by atoms with Gasteiger partial charge in [-0.25, -0.2) is 0 Å². The SMILES string of the molecule is COc1ccc2c(c1)[C@]1(O[C@@H](CC(=O)N3CCC[C@H]3CO)[C@H]([Si](C)(C)O)[C@H]1C)C(=O)N2C. The number of fused-ring (bicyclic) bond motifs is 2. The third-order valence-electron chi connectivity index (χ3n) is 7.61. The molecule has 1 spiro atoms. The molecule has 176 valence electrons. The molecule has 4 rings (SSSR count). The van der Waals surface area contributed by atoms with Crippen molar-refractivity contribution in [1.29, 1.82) is 0 Å². The van der Waals surface area contributed by atoms with Crippen LogP contribution in [-0.2, 0) is 19.9 Å². The van der Waals surface area contributed by atoms with Gasteiger partial charge in [-0.1, -0.05) is 6.92 Å². The number of nitrogens with zero attached hydrogens (tertiary/aromatic N) is 2. The van der Waals surface area contributed by atoms with Gasteiger partial charge in [0.05, 0.1) is 38.0 Å². The van der Waals surface area contributed by atoms with Crippen molar-refractivity contribution < 1.29 is 29.0 Å². The van der Waals surface area contributed by atoms with Crippen LogP contribution >= 0.6 is 0 Å². The van der Waals surface area contributed by atoms with Crippen LogP contribution in [0.3, 0.4) is 0 Å². The molecule has 8 nitrogen and oxygen atoms in total. The number of anilines is 1. The second kappa shape index (κ2) is 8.13. The summed E-state index contributed by atoms with van der Waals surface area (Å²) in [6.07, 6.45) is 1.15. The normalized spacial score (nSPS) is 32.2. The van der Waals surface area contributed by atoms with Crippen LogP contribution in [0.5, 0.6) is 5.75 Å². The zero-order chi connectivity index (χ0) is 23.4. The fraction of sp³-hybridized carbons (Fsp3) is 0.652. The van der Waals surface area contributed by atoms with Gasteiger partial charge in [0.25, 0.3) is 5.91 Å². The molecule has 0 unspecified atom stereocenters. The number of aliphatic hydroxyl groups excluding tert-OH is 1. The second-order valence-corrected chi connectivity index (χ2v) is 13.9. The van der Waals surface area contributed by atoms with Crippen molar-refractivity contribution in [2.24, 2.45) is 5.92 Å². The molecule has 0 aromatic heterocycles. The van der Waals surface area contributed by atoms with Crippen LogP contribution in [0.1, 0.15) is 31.7 Å². The number of ether oxygens (including phenoxy) is 2. The summed E-state index contributed by atoms with van der Waals surface area (Å²) in [7, 11) is 0.487. The van der Waals surface area contributed by atoms with Crippen molar-refractivity contribution in [2.75, 3.05) is 32.2 Å². The highest BCUT2D eigenvalue weighted by Gasteiger charge is 2.66. The third kappa shape index (κ3) is 3.37. The first-order chi connectivity index (χ1) is 15.1. The lowest BCUT2D eigenvalue weighted by Crippen LogP contribution is -2.45. The molecule has 2 N–H and O–H groups in total. The van der Waals surface area contributed by atoms with Crippen LogP contribution in [0.25, 0.3) is 0 Å². The van der Waals surface area contributed by atoms with Gasteiger partial charge in [0.1, 0.15) is 5.75 Å². The van der Waals surface area contributed by atoms with E-state index in [1.54, 1.807) is 24.0 Å². The Balaban J connectivity index is 1.73. The molecule has 32 heavy (non-hydrogen) atoms. The van der Waals surface area contributed by atoms with Crippen molar-refractivity contribution >= 4 is 25.8 Å². The van der Waals surface area contributed by atoms with Gasteiger partial charge >= 0.3 is 0 Å². The van der Waals surface area contributed by atoms with Crippen molar-refractivity contribution in [3.05, 3.63) is 23.8 Å². The van der Waals surface area contributed by atoms with E-state index in [0.29, 0.717) is 12.3 Å². The molecule has 2 fully saturated rings. The van der Waals surface area contributed by atoms with E-state index in [1.807, 2.05) is 38.2 Å². The van der Waals surface area contributed by atoms with Crippen LogP contribution in [0.2, 0.25) is 18.6 Å². The van der Waals surface area contributed by atoms with Gasteiger partial charge in [0, 0.05) is 30.6 Å². The zero-order valence-electron chi connectivity index (χ0n) is 19.5. The molecule has 0 bridgehead atoms. The number of hydrogen-bond acceptors (Lipinski definition) is 6. The number of benzene rings is 1. The van der Waals surface area contributed by atoms with E-state index in [2.05, 4.69) is 0 Å². The average Bonchev–Trinajstić information content (AvgIpc) is 3.39. The Morgan fingerprint density at radius 2 is 2.09 bits per heavy atom. The Labute approximate surface area is 190 Å². The molecule has 3 aliphatic heterocycles. The fourth-order valence-corrected chi connectivity index (χ4v) is 8.69. The first-order valence-corrected chi connectivity index (χ1v) is 14.4. The van der Waals surface area contributed by atoms with Crippen LogP contribution in [0.4, 0.5) is 5.69 Å². The first kappa shape index (κ1) is 23.2. The van der Waals surface area contributed by atoms with E-state index >= 15 is 0 Å². The maximum Gasteiger partial charge on any atom is 0.264 e. The summed E-state index contributed by atoms with van der Waals surface area (Å²) in [5.41, 5.74) is -0.0888. The van der Waals surface area contributed by atoms with Crippen LogP contribution in [-0.4, -0.2) is 74.4 Å². The topological polar surface area (TPSA) is 99.5 Å². The van der Waals surface area contributed by atoms with Crippen molar-refractivity contribution in [3.63, 3.8) is 0 Å². The van der Waals surface area contributed by atoms with Crippen molar-refractivity contribution in [2.45, 2.75) is 62.6 Å². The minimum atomic E-state index is -2.82. The van der Waals surface area contributed by atoms with Gasteiger partial charge < -0.3 is 29.2 Å². The summed E-state index contributed by atoms with van der Waals surface area (Å²) in [6.45, 7) is 6.19. The zero-order valence-corrected chi connectivity index (χ0v) is 20.5. The first-order valence-electron chi connectivity index (χ1n) is 11.3. The summed E-state index contributed by atoms with van der Waals surface area (Å²) >= 11 is 0. The van der Waals surface area contributed by atoms with E-state index < -0.39 is 20.0 Å². The Morgan fingerprint density at radius 3 is 2.72 bits per heavy atom. The Kier molecular flexibility index (Phi) is 5.90. The molecule has 1 aromatic rings. The van der Waals surface area contributed by atoms with Crippen LogP contribution in [0.15, 0.2) is 18.2 Å². The quantitative estimate of drug-likeness (QED) is 0.648. The Bertz CT molecular complexity index is 918. The monoisotopic (exact) mass is 462 g/mol. The molecular formula is C23H34N2O6Si. The largest absolute Gasteiger partial charge is 0.497 e. The lowest BCUT2D eigenvalue weighted by molar-refractivity contribution is -0.149. The maximum absolute atomic E-state index is 13.6. The predicted molar refractivity (Wildman–Crippen MR) is 122 cm³/mol. The number of likely N-dealkylation sites (N-methyl/N-ethyl adjacent to an activating group) is 1. The highest BCUT2D eigenvalue weighted by molar-refractivity contribution is 6.71. The third-order valence-corrected chi connectivity index (χ3v) is 10.1. The highest BCUT2D eigenvalue weighted by atomic mass is 28.4. The number of carbonyl (C=O) groups is 2. The molecule has 0 aliphatic carbocycles. The van der Waals surface area contributed by atoms with Crippen LogP contribution in [0, 0.1) is 5.92 Å². The van der Waals surface area contributed by atoms with E-state index in [1.165, 1.54) is 0 Å². The number of rotatable bonds is 5. The van der Waals surface area contributed by atoms with Crippen molar-refractivity contribution in [1.82, 2.24) is 4.90 Å². The highest BCUT2D eigenvalue weighted by Crippen LogP contribution is 2.59. The molecule has 3 aliphatic rings. The summed E-state index contributed by atoms with van der Waals surface area (Å²) in [5.74, 6) is 0.0357.